The van der Waals surface area contributed by atoms with Crippen molar-refractivity contribution in [1.29, 1.82) is 0 Å². The Bertz CT molecular complexity index is 925. The number of ether oxygens (including phenoxy) is 1. The van der Waals surface area contributed by atoms with Crippen molar-refractivity contribution in [2.45, 2.75) is 20.8 Å². The lowest BCUT2D eigenvalue weighted by Crippen LogP contribution is -2.19. The van der Waals surface area contributed by atoms with E-state index in [-0.39, 0.29) is 5.91 Å². The fourth-order valence-corrected chi connectivity index (χ4v) is 3.19. The van der Waals surface area contributed by atoms with Crippen molar-refractivity contribution in [2.75, 3.05) is 6.61 Å². The van der Waals surface area contributed by atoms with Crippen LogP contribution in [-0.2, 0) is 0 Å². The molecule has 1 amide bonds. The second-order valence-corrected chi connectivity index (χ2v) is 6.96. The quantitative estimate of drug-likeness (QED) is 0.510. The van der Waals surface area contributed by atoms with Gasteiger partial charge < -0.3 is 4.74 Å². The minimum atomic E-state index is -0.355. The number of H-pyrrole nitrogens is 1. The Balaban J connectivity index is 1.66. The van der Waals surface area contributed by atoms with Crippen LogP contribution in [0.15, 0.2) is 47.6 Å². The van der Waals surface area contributed by atoms with Crippen LogP contribution in [0.4, 0.5) is 0 Å². The van der Waals surface area contributed by atoms with Crippen LogP contribution in [0, 0.1) is 6.92 Å². The van der Waals surface area contributed by atoms with Gasteiger partial charge in [0.1, 0.15) is 5.75 Å². The minimum Gasteiger partial charge on any atom is -0.494 e. The van der Waals surface area contributed by atoms with Gasteiger partial charge in [0, 0.05) is 4.88 Å². The summed E-state index contributed by atoms with van der Waals surface area (Å²) in [4.78, 5) is 14.5. The van der Waals surface area contributed by atoms with E-state index in [1.165, 1.54) is 4.88 Å². The highest BCUT2D eigenvalue weighted by Crippen LogP contribution is 2.26. The van der Waals surface area contributed by atoms with Gasteiger partial charge in [0.15, 0.2) is 5.69 Å². The van der Waals surface area contributed by atoms with Gasteiger partial charge in [0.2, 0.25) is 0 Å². The van der Waals surface area contributed by atoms with E-state index in [0.717, 1.165) is 21.9 Å². The van der Waals surface area contributed by atoms with Crippen LogP contribution in [0.1, 0.15) is 34.8 Å². The molecule has 6 nitrogen and oxygen atoms in total. The van der Waals surface area contributed by atoms with Crippen LogP contribution in [-0.4, -0.2) is 28.4 Å². The van der Waals surface area contributed by atoms with Crippen molar-refractivity contribution in [1.82, 2.24) is 15.6 Å². The first-order valence-electron chi connectivity index (χ1n) is 8.27. The third-order valence-electron chi connectivity index (χ3n) is 3.72. The Kier molecular flexibility index (Phi) is 5.48. The molecule has 3 rings (SSSR count). The lowest BCUT2D eigenvalue weighted by Gasteiger charge is -2.05. The lowest BCUT2D eigenvalue weighted by atomic mass is 10.1. The number of nitrogens with zero attached hydrogens (tertiary/aromatic N) is 2. The lowest BCUT2D eigenvalue weighted by molar-refractivity contribution is 0.0950. The third kappa shape index (κ3) is 4.18. The van der Waals surface area contributed by atoms with E-state index in [1.807, 2.05) is 57.2 Å². The zero-order valence-electron chi connectivity index (χ0n) is 14.9. The molecule has 1 aromatic carbocycles. The van der Waals surface area contributed by atoms with Crippen molar-refractivity contribution >= 4 is 23.0 Å². The van der Waals surface area contributed by atoms with E-state index in [2.05, 4.69) is 20.7 Å². The summed E-state index contributed by atoms with van der Waals surface area (Å²) in [5.74, 6) is 0.451. The summed E-state index contributed by atoms with van der Waals surface area (Å²) in [6.45, 7) is 6.44. The summed E-state index contributed by atoms with van der Waals surface area (Å²) in [7, 11) is 0. The van der Waals surface area contributed by atoms with Crippen LogP contribution >= 0.6 is 11.3 Å². The van der Waals surface area contributed by atoms with Crippen LogP contribution in [0.3, 0.4) is 0 Å². The number of aromatic amines is 1. The van der Waals surface area contributed by atoms with E-state index in [1.54, 1.807) is 17.4 Å². The van der Waals surface area contributed by atoms with Crippen molar-refractivity contribution in [3.63, 3.8) is 0 Å². The Morgan fingerprint density at radius 1 is 1.27 bits per heavy atom. The molecule has 0 spiro atoms. The van der Waals surface area contributed by atoms with Gasteiger partial charge in [-0.1, -0.05) is 0 Å². The maximum absolute atomic E-state index is 12.3. The second kappa shape index (κ2) is 7.97. The summed E-state index contributed by atoms with van der Waals surface area (Å²) in [6, 6.07) is 13.3. The average Bonchev–Trinajstić information content (AvgIpc) is 3.29. The standard InChI is InChI=1S/C19H20N4O2S/c1-4-25-15-8-6-14(7-9-15)13(3)20-23-19(24)17-11-16(21-22-17)18-10-5-12(2)26-18/h5-11H,4H2,1-3H3,(H,21,22)(H,23,24)/b20-13-. The van der Waals surface area contributed by atoms with Crippen molar-refractivity contribution < 1.29 is 9.53 Å². The molecule has 0 aliphatic rings. The topological polar surface area (TPSA) is 79.4 Å². The average molecular weight is 368 g/mol. The number of carbonyl (C=O) groups is 1. The number of rotatable bonds is 6. The van der Waals surface area contributed by atoms with Gasteiger partial charge >= 0.3 is 0 Å². The fraction of sp³-hybridized carbons (Fsp3) is 0.211. The highest BCUT2D eigenvalue weighted by molar-refractivity contribution is 7.15. The number of aryl methyl sites for hydroxylation is 1. The second-order valence-electron chi connectivity index (χ2n) is 5.67. The summed E-state index contributed by atoms with van der Waals surface area (Å²) in [5, 5.41) is 11.1. The first-order chi connectivity index (χ1) is 12.6. The normalized spacial score (nSPS) is 11.4. The summed E-state index contributed by atoms with van der Waals surface area (Å²) < 4.78 is 5.42. The van der Waals surface area contributed by atoms with Crippen molar-refractivity contribution in [3.05, 3.63) is 58.6 Å². The van der Waals surface area contributed by atoms with Crippen LogP contribution in [0.2, 0.25) is 0 Å². The fourth-order valence-electron chi connectivity index (χ4n) is 2.36. The molecule has 2 heterocycles. The third-order valence-corrected chi connectivity index (χ3v) is 4.76. The molecule has 134 valence electrons. The molecule has 0 saturated heterocycles. The highest BCUT2D eigenvalue weighted by Gasteiger charge is 2.12. The Morgan fingerprint density at radius 3 is 2.69 bits per heavy atom. The van der Waals surface area contributed by atoms with Crippen LogP contribution in [0.25, 0.3) is 10.6 Å². The summed E-state index contributed by atoms with van der Waals surface area (Å²) >= 11 is 1.65. The SMILES string of the molecule is CCOc1ccc(/C(C)=N\NC(=O)c2cc(-c3ccc(C)s3)[nH]n2)cc1. The number of hydrogen-bond acceptors (Lipinski definition) is 5. The first kappa shape index (κ1) is 17.9. The Morgan fingerprint density at radius 2 is 2.04 bits per heavy atom. The summed E-state index contributed by atoms with van der Waals surface area (Å²) in [6.07, 6.45) is 0. The van der Waals surface area contributed by atoms with E-state index in [0.29, 0.717) is 18.0 Å². The number of carbonyl (C=O) groups excluding carboxylic acids is 1. The molecule has 0 atom stereocenters. The van der Waals surface area contributed by atoms with Gasteiger partial charge in [0.25, 0.3) is 5.91 Å². The maximum atomic E-state index is 12.3. The molecule has 0 radical (unpaired) electrons. The molecule has 0 saturated carbocycles. The van der Waals surface area contributed by atoms with Crippen molar-refractivity contribution in [3.8, 4) is 16.3 Å². The van der Waals surface area contributed by atoms with Gasteiger partial charge in [0.05, 0.1) is 22.9 Å². The molecule has 2 N–H and O–H groups in total. The first-order valence-corrected chi connectivity index (χ1v) is 9.08. The van der Waals surface area contributed by atoms with Gasteiger partial charge in [-0.05, 0) is 68.8 Å². The van der Waals surface area contributed by atoms with E-state index in [9.17, 15) is 4.79 Å². The van der Waals surface area contributed by atoms with E-state index < -0.39 is 0 Å². The number of aromatic nitrogens is 2. The van der Waals surface area contributed by atoms with Crippen LogP contribution < -0.4 is 10.2 Å². The van der Waals surface area contributed by atoms with Crippen molar-refractivity contribution in [2.24, 2.45) is 5.10 Å². The van der Waals surface area contributed by atoms with Gasteiger partial charge in [-0.3, -0.25) is 9.89 Å². The van der Waals surface area contributed by atoms with E-state index in [4.69, 9.17) is 4.74 Å². The van der Waals surface area contributed by atoms with Crippen LogP contribution in [0.5, 0.6) is 5.75 Å². The zero-order chi connectivity index (χ0) is 18.5. The minimum absolute atomic E-state index is 0.300. The molecular formula is C19H20N4O2S. The number of amides is 1. The predicted octanol–water partition coefficient (Wildman–Crippen LogP) is 4.00. The molecule has 0 bridgehead atoms. The molecule has 0 fully saturated rings. The molecular weight excluding hydrogens is 348 g/mol. The highest BCUT2D eigenvalue weighted by atomic mass is 32.1. The Hall–Kier alpha value is -2.93. The van der Waals surface area contributed by atoms with Gasteiger partial charge in [-0.25, -0.2) is 5.43 Å². The predicted molar refractivity (Wildman–Crippen MR) is 104 cm³/mol. The molecule has 7 heteroatoms. The summed E-state index contributed by atoms with van der Waals surface area (Å²) in [5.41, 5.74) is 5.27. The number of hydrogen-bond donors (Lipinski definition) is 2. The van der Waals surface area contributed by atoms with Gasteiger partial charge in [-0.2, -0.15) is 10.2 Å². The number of nitrogens with one attached hydrogen (secondary N) is 2. The Labute approximate surface area is 155 Å². The monoisotopic (exact) mass is 368 g/mol. The van der Waals surface area contributed by atoms with E-state index >= 15 is 0 Å². The molecule has 0 aliphatic carbocycles. The largest absolute Gasteiger partial charge is 0.494 e. The molecule has 26 heavy (non-hydrogen) atoms. The molecule has 3 aromatic rings. The molecule has 0 aliphatic heterocycles. The zero-order valence-corrected chi connectivity index (χ0v) is 15.7. The number of benzene rings is 1. The molecule has 2 aromatic heterocycles. The maximum Gasteiger partial charge on any atom is 0.291 e. The van der Waals surface area contributed by atoms with Gasteiger partial charge in [-0.15, -0.1) is 11.3 Å². The molecule has 0 unspecified atom stereocenters. The number of thiophene rings is 1. The smallest absolute Gasteiger partial charge is 0.291 e. The number of hydrazone groups is 1.